The topological polar surface area (TPSA) is 242 Å². The fourth-order valence-electron chi connectivity index (χ4n) is 10.6. The van der Waals surface area contributed by atoms with Crippen LogP contribution in [0, 0.1) is 27.7 Å². The molecule has 0 saturated carbocycles. The Morgan fingerprint density at radius 2 is 0.646 bits per heavy atom. The summed E-state index contributed by atoms with van der Waals surface area (Å²) in [6.07, 6.45) is 9.78. The van der Waals surface area contributed by atoms with E-state index in [0.29, 0.717) is 37.1 Å². The molecule has 0 aliphatic rings. The van der Waals surface area contributed by atoms with Crippen molar-refractivity contribution in [2.45, 2.75) is 106 Å². The van der Waals surface area contributed by atoms with E-state index in [-0.39, 0.29) is 36.2 Å². The SMILES string of the molecule is CCc1cc(C(c2ccc(-c3ccc(C(c4cc(C)c(NC(=O)/C=C/C(=O)O)c(CC)c4)c4cc(C)c(NC(=O)/C=C/C(=O)O)c(CC)c4)cc3)cc2)c2cc(C)c(CC(=O)/C=C/C(=O)O)c(CC)c2)cc(C)c1CC(=O)/C=C/C(=O)O. The van der Waals surface area contributed by atoms with E-state index in [1.165, 1.54) is 0 Å². The number of carboxylic acid groups (broad SMARTS) is 4. The van der Waals surface area contributed by atoms with Gasteiger partial charge in [0.2, 0.25) is 11.8 Å². The third kappa shape index (κ3) is 15.8. The minimum atomic E-state index is -1.24. The van der Waals surface area contributed by atoms with Crippen LogP contribution in [0.1, 0.15) is 129 Å². The number of carbonyl (C=O) groups is 8. The molecule has 0 fully saturated rings. The summed E-state index contributed by atoms with van der Waals surface area (Å²) in [5.41, 5.74) is 17.3. The molecule has 0 aliphatic carbocycles. The van der Waals surface area contributed by atoms with E-state index in [2.05, 4.69) is 83.4 Å². The van der Waals surface area contributed by atoms with Crippen molar-refractivity contribution in [1.29, 1.82) is 0 Å². The van der Waals surface area contributed by atoms with E-state index in [1.807, 2.05) is 79.7 Å². The van der Waals surface area contributed by atoms with E-state index in [0.717, 1.165) is 149 Å². The first kappa shape index (κ1) is 61.6. The number of amides is 2. The summed E-state index contributed by atoms with van der Waals surface area (Å²) in [5.74, 6) is -7.37. The van der Waals surface area contributed by atoms with Gasteiger partial charge in [0.05, 0.1) is 0 Å². The molecule has 2 amide bonds. The lowest BCUT2D eigenvalue weighted by Gasteiger charge is -2.25. The van der Waals surface area contributed by atoms with Crippen LogP contribution in [0.25, 0.3) is 11.1 Å². The quantitative estimate of drug-likeness (QED) is 0.0232. The molecule has 0 spiro atoms. The lowest BCUT2D eigenvalue weighted by Crippen LogP contribution is -2.14. The van der Waals surface area contributed by atoms with Gasteiger partial charge in [-0.3, -0.25) is 19.2 Å². The molecular formula is C68H68N2O12. The van der Waals surface area contributed by atoms with E-state index < -0.39 is 35.7 Å². The molecule has 0 bridgehead atoms. The Morgan fingerprint density at radius 1 is 0.366 bits per heavy atom. The summed E-state index contributed by atoms with van der Waals surface area (Å²) in [4.78, 5) is 96.5. The smallest absolute Gasteiger partial charge is 0.328 e. The number of hydrogen-bond donors (Lipinski definition) is 6. The molecule has 14 heteroatoms. The first-order chi connectivity index (χ1) is 39.0. The third-order valence-corrected chi connectivity index (χ3v) is 14.5. The summed E-state index contributed by atoms with van der Waals surface area (Å²) in [6, 6.07) is 33.1. The standard InChI is InChI=1S/C68H68N2O12/c1-9-43-33-51(29-39(5)57(43)37-55(71)21-25-61(75)76)65(52-30-40(6)58(44(10-2)34-52)38-56(72)22-26-62(77)78)49-17-13-47(14-18-49)48-15-19-50(20-16-48)66(53-31-41(7)67(45(11-3)35-53)69-59(73)23-27-63(79)80)54-32-42(8)68(46(12-4)36-54)70-60(74)24-28-64(81)82/h13-36,65-66H,9-12,37-38H2,1-8H3,(H,69,73)(H,70,74)(H,75,76)(H,77,78)(H,79,80)(H,81,82)/b25-21+,26-22+,27-23+,28-24+. The lowest BCUT2D eigenvalue weighted by atomic mass is 9.79. The Hall–Kier alpha value is -9.56. The molecule has 0 aliphatic heterocycles. The van der Waals surface area contributed by atoms with Crippen LogP contribution >= 0.6 is 0 Å². The van der Waals surface area contributed by atoms with Gasteiger partial charge in [0, 0.05) is 72.5 Å². The van der Waals surface area contributed by atoms with Crippen LogP contribution in [0.2, 0.25) is 0 Å². The predicted molar refractivity (Wildman–Crippen MR) is 318 cm³/mol. The number of hydrogen-bond acceptors (Lipinski definition) is 8. The Kier molecular flexibility index (Phi) is 21.1. The molecule has 6 N–H and O–H groups in total. The summed E-state index contributed by atoms with van der Waals surface area (Å²) >= 11 is 0. The van der Waals surface area contributed by atoms with Crippen LogP contribution in [0.3, 0.4) is 0 Å². The van der Waals surface area contributed by atoms with Crippen molar-refractivity contribution in [2.75, 3.05) is 10.6 Å². The van der Waals surface area contributed by atoms with E-state index >= 15 is 0 Å². The van der Waals surface area contributed by atoms with Crippen molar-refractivity contribution in [2.24, 2.45) is 0 Å². The van der Waals surface area contributed by atoms with Crippen LogP contribution in [0.15, 0.2) is 146 Å². The van der Waals surface area contributed by atoms with Gasteiger partial charge >= 0.3 is 23.9 Å². The maximum Gasteiger partial charge on any atom is 0.328 e. The monoisotopic (exact) mass is 1100 g/mol. The highest BCUT2D eigenvalue weighted by atomic mass is 16.4. The van der Waals surface area contributed by atoms with Crippen molar-refractivity contribution in [3.05, 3.63) is 235 Å². The van der Waals surface area contributed by atoms with Gasteiger partial charge in [0.1, 0.15) is 0 Å². The summed E-state index contributed by atoms with van der Waals surface area (Å²) in [5, 5.41) is 42.4. The van der Waals surface area contributed by atoms with Crippen LogP contribution in [0.5, 0.6) is 0 Å². The van der Waals surface area contributed by atoms with Gasteiger partial charge < -0.3 is 31.1 Å². The van der Waals surface area contributed by atoms with Crippen LogP contribution in [-0.2, 0) is 76.9 Å². The highest BCUT2D eigenvalue weighted by molar-refractivity contribution is 6.04. The van der Waals surface area contributed by atoms with Crippen molar-refractivity contribution >= 4 is 58.6 Å². The van der Waals surface area contributed by atoms with Crippen LogP contribution in [-0.4, -0.2) is 67.7 Å². The minimum absolute atomic E-state index is 0.0396. The van der Waals surface area contributed by atoms with Gasteiger partial charge in [-0.1, -0.05) is 125 Å². The number of rotatable bonds is 25. The molecule has 422 valence electrons. The van der Waals surface area contributed by atoms with Crippen molar-refractivity contribution in [3.63, 3.8) is 0 Å². The fraction of sp³-hybridized carbons (Fsp3) is 0.235. The maximum absolute atomic E-state index is 13.0. The number of carbonyl (C=O) groups excluding carboxylic acids is 4. The number of carboxylic acids is 4. The van der Waals surface area contributed by atoms with Gasteiger partial charge in [-0.2, -0.15) is 0 Å². The molecule has 0 aromatic heterocycles. The van der Waals surface area contributed by atoms with Gasteiger partial charge in [-0.05, 0) is 166 Å². The zero-order chi connectivity index (χ0) is 59.9. The summed E-state index contributed by atoms with van der Waals surface area (Å²) in [6.45, 7) is 15.7. The third-order valence-electron chi connectivity index (χ3n) is 14.5. The fourth-order valence-corrected chi connectivity index (χ4v) is 10.6. The molecular weight excluding hydrogens is 1040 g/mol. The van der Waals surface area contributed by atoms with Gasteiger partial charge in [0.15, 0.2) is 11.6 Å². The van der Waals surface area contributed by atoms with E-state index in [9.17, 15) is 38.4 Å². The molecule has 0 unspecified atom stereocenters. The van der Waals surface area contributed by atoms with Crippen molar-refractivity contribution < 1.29 is 58.8 Å². The van der Waals surface area contributed by atoms with E-state index in [1.54, 1.807) is 0 Å². The molecule has 14 nitrogen and oxygen atoms in total. The molecule has 6 rings (SSSR count). The molecule has 0 atom stereocenters. The molecule has 6 aromatic rings. The normalized spacial score (nSPS) is 11.6. The lowest BCUT2D eigenvalue weighted by molar-refractivity contribution is -0.132. The molecule has 82 heavy (non-hydrogen) atoms. The second-order valence-corrected chi connectivity index (χ2v) is 20.2. The van der Waals surface area contributed by atoms with E-state index in [4.69, 9.17) is 20.4 Å². The number of ketones is 2. The second-order valence-electron chi connectivity index (χ2n) is 20.2. The molecule has 0 heterocycles. The molecule has 0 saturated heterocycles. The summed E-state index contributed by atoms with van der Waals surface area (Å²) < 4.78 is 0. The number of anilines is 2. The number of aryl methyl sites for hydroxylation is 8. The Labute approximate surface area is 477 Å². The zero-order valence-electron chi connectivity index (χ0n) is 47.3. The average Bonchev–Trinajstić information content (AvgIpc) is 3.44. The molecule has 0 radical (unpaired) electrons. The van der Waals surface area contributed by atoms with Crippen LogP contribution < -0.4 is 10.6 Å². The van der Waals surface area contributed by atoms with Crippen LogP contribution in [0.4, 0.5) is 11.4 Å². The second kappa shape index (κ2) is 28.0. The number of nitrogens with one attached hydrogen (secondary N) is 2. The highest BCUT2D eigenvalue weighted by Gasteiger charge is 2.25. The average molecular weight is 1110 g/mol. The maximum atomic E-state index is 13.0. The Bertz CT molecular complexity index is 3170. The minimum Gasteiger partial charge on any atom is -0.478 e. The van der Waals surface area contributed by atoms with Gasteiger partial charge in [0.25, 0.3) is 0 Å². The number of benzene rings is 6. The summed E-state index contributed by atoms with van der Waals surface area (Å²) in [7, 11) is 0. The zero-order valence-corrected chi connectivity index (χ0v) is 47.3. The predicted octanol–water partition coefficient (Wildman–Crippen LogP) is 11.9. The highest BCUT2D eigenvalue weighted by Crippen LogP contribution is 2.41. The Balaban J connectivity index is 1.46. The number of allylic oxidation sites excluding steroid dienone is 2. The van der Waals surface area contributed by atoms with Gasteiger partial charge in [-0.25, -0.2) is 19.2 Å². The Morgan fingerprint density at radius 3 is 0.939 bits per heavy atom. The van der Waals surface area contributed by atoms with Gasteiger partial charge in [-0.15, -0.1) is 0 Å². The number of aliphatic carboxylic acids is 4. The van der Waals surface area contributed by atoms with Crippen molar-refractivity contribution in [3.8, 4) is 11.1 Å². The first-order valence-corrected chi connectivity index (χ1v) is 27.1. The first-order valence-electron chi connectivity index (χ1n) is 27.1. The molecule has 6 aromatic carbocycles. The largest absolute Gasteiger partial charge is 0.478 e. The van der Waals surface area contributed by atoms with Crippen molar-refractivity contribution in [1.82, 2.24) is 0 Å².